The molecule has 0 radical (unpaired) electrons. The number of benzene rings is 1. The predicted octanol–water partition coefficient (Wildman–Crippen LogP) is 2.33. The molecule has 0 saturated carbocycles. The van der Waals surface area contributed by atoms with Crippen LogP contribution in [0, 0.1) is 0 Å². The van der Waals surface area contributed by atoms with Crippen molar-refractivity contribution >= 4 is 17.7 Å². The Labute approximate surface area is 117 Å². The number of aromatic amines is 1. The van der Waals surface area contributed by atoms with Crippen LogP contribution in [0.4, 0.5) is 0 Å². The maximum absolute atomic E-state index is 12.1. The monoisotopic (exact) mass is 275 g/mol. The Balaban J connectivity index is 1.92. The first-order chi connectivity index (χ1) is 9.19. The minimum absolute atomic E-state index is 0.103. The third kappa shape index (κ3) is 3.86. The lowest BCUT2D eigenvalue weighted by molar-refractivity contribution is -0.129. The summed E-state index contributed by atoms with van der Waals surface area (Å²) in [5.74, 6) is 0.103. The number of carbonyl (C=O) groups is 1. The summed E-state index contributed by atoms with van der Waals surface area (Å²) in [7, 11) is 1.80. The molecule has 100 valence electrons. The lowest BCUT2D eigenvalue weighted by Gasteiger charge is -2.16. The minimum Gasteiger partial charge on any atom is -0.340 e. The van der Waals surface area contributed by atoms with Gasteiger partial charge in [-0.05, 0) is 30.0 Å². The van der Waals surface area contributed by atoms with Gasteiger partial charge in [0.2, 0.25) is 5.91 Å². The number of likely N-dealkylation sites (N-methyl/N-ethyl adjacent to an activating group) is 1. The van der Waals surface area contributed by atoms with Gasteiger partial charge in [0.1, 0.15) is 0 Å². The normalized spacial score (nSPS) is 10.4. The zero-order valence-corrected chi connectivity index (χ0v) is 11.9. The van der Waals surface area contributed by atoms with E-state index < -0.39 is 0 Å². The van der Waals surface area contributed by atoms with Crippen molar-refractivity contribution in [1.29, 1.82) is 0 Å². The fraction of sp³-hybridized carbons (Fsp3) is 0.286. The summed E-state index contributed by atoms with van der Waals surface area (Å²) < 4.78 is 0. The highest BCUT2D eigenvalue weighted by molar-refractivity contribution is 7.98. The van der Waals surface area contributed by atoms with Crippen LogP contribution in [-0.4, -0.2) is 34.3 Å². The summed E-state index contributed by atoms with van der Waals surface area (Å²) in [4.78, 5) is 15.0. The highest BCUT2D eigenvalue weighted by Gasteiger charge is 2.10. The zero-order valence-electron chi connectivity index (χ0n) is 11.1. The number of thioether (sulfide) groups is 1. The summed E-state index contributed by atoms with van der Waals surface area (Å²) in [5.41, 5.74) is 1.98. The third-order valence-electron chi connectivity index (χ3n) is 2.91. The van der Waals surface area contributed by atoms with Crippen molar-refractivity contribution in [2.45, 2.75) is 17.9 Å². The van der Waals surface area contributed by atoms with E-state index in [1.807, 2.05) is 36.6 Å². The van der Waals surface area contributed by atoms with Crippen molar-refractivity contribution in [3.63, 3.8) is 0 Å². The standard InChI is InChI=1S/C14H17N3OS/c1-17(10-12-7-8-15-16-12)14(18)9-11-3-5-13(19-2)6-4-11/h3-8H,9-10H2,1-2H3,(H,15,16). The fourth-order valence-corrected chi connectivity index (χ4v) is 2.18. The number of hydrogen-bond donors (Lipinski definition) is 1. The van der Waals surface area contributed by atoms with E-state index in [-0.39, 0.29) is 5.91 Å². The minimum atomic E-state index is 0.103. The quantitative estimate of drug-likeness (QED) is 0.852. The molecular weight excluding hydrogens is 258 g/mol. The van der Waals surface area contributed by atoms with Crippen LogP contribution >= 0.6 is 11.8 Å². The van der Waals surface area contributed by atoms with E-state index in [0.29, 0.717) is 13.0 Å². The van der Waals surface area contributed by atoms with E-state index >= 15 is 0 Å². The Morgan fingerprint density at radius 3 is 2.63 bits per heavy atom. The Morgan fingerprint density at radius 2 is 2.05 bits per heavy atom. The van der Waals surface area contributed by atoms with Crippen LogP contribution in [0.2, 0.25) is 0 Å². The van der Waals surface area contributed by atoms with E-state index in [0.717, 1.165) is 11.3 Å². The van der Waals surface area contributed by atoms with Crippen molar-refractivity contribution in [1.82, 2.24) is 15.1 Å². The van der Waals surface area contributed by atoms with Crippen molar-refractivity contribution < 1.29 is 4.79 Å². The molecule has 1 aromatic carbocycles. The summed E-state index contributed by atoms with van der Waals surface area (Å²) >= 11 is 1.70. The molecule has 0 spiro atoms. The Bertz CT molecular complexity index is 522. The first kappa shape index (κ1) is 13.7. The molecule has 2 aromatic rings. The van der Waals surface area contributed by atoms with Gasteiger partial charge < -0.3 is 4.90 Å². The van der Waals surface area contributed by atoms with Gasteiger partial charge in [0.15, 0.2) is 0 Å². The van der Waals surface area contributed by atoms with Crippen LogP contribution in [0.15, 0.2) is 41.4 Å². The number of hydrogen-bond acceptors (Lipinski definition) is 3. The lowest BCUT2D eigenvalue weighted by Crippen LogP contribution is -2.27. The summed E-state index contributed by atoms with van der Waals surface area (Å²) in [6.07, 6.45) is 4.16. The molecule has 0 atom stereocenters. The van der Waals surface area contributed by atoms with E-state index in [2.05, 4.69) is 10.2 Å². The van der Waals surface area contributed by atoms with Gasteiger partial charge in [-0.1, -0.05) is 12.1 Å². The topological polar surface area (TPSA) is 49.0 Å². The third-order valence-corrected chi connectivity index (χ3v) is 3.65. The van der Waals surface area contributed by atoms with Gasteiger partial charge in [0.25, 0.3) is 0 Å². The second-order valence-electron chi connectivity index (χ2n) is 4.36. The van der Waals surface area contributed by atoms with Crippen molar-refractivity contribution in [2.75, 3.05) is 13.3 Å². The summed E-state index contributed by atoms with van der Waals surface area (Å²) in [6, 6.07) is 9.98. The molecule has 1 N–H and O–H groups in total. The smallest absolute Gasteiger partial charge is 0.227 e. The number of nitrogens with one attached hydrogen (secondary N) is 1. The molecule has 0 aliphatic carbocycles. The number of nitrogens with zero attached hydrogens (tertiary/aromatic N) is 2. The predicted molar refractivity (Wildman–Crippen MR) is 77.0 cm³/mol. The molecule has 0 saturated heterocycles. The van der Waals surface area contributed by atoms with Gasteiger partial charge in [0, 0.05) is 18.1 Å². The summed E-state index contributed by atoms with van der Waals surface area (Å²) in [6.45, 7) is 0.557. The SMILES string of the molecule is CSc1ccc(CC(=O)N(C)Cc2ccn[nH]2)cc1. The first-order valence-electron chi connectivity index (χ1n) is 6.04. The van der Waals surface area contributed by atoms with Crippen LogP contribution in [0.3, 0.4) is 0 Å². The molecular formula is C14H17N3OS. The molecule has 2 rings (SSSR count). The van der Waals surface area contributed by atoms with Crippen LogP contribution in [0.25, 0.3) is 0 Å². The molecule has 0 unspecified atom stereocenters. The molecule has 0 aliphatic heterocycles. The van der Waals surface area contributed by atoms with E-state index in [4.69, 9.17) is 0 Å². The lowest BCUT2D eigenvalue weighted by atomic mass is 10.1. The Kier molecular flexibility index (Phi) is 4.63. The maximum atomic E-state index is 12.1. The second-order valence-corrected chi connectivity index (χ2v) is 5.24. The largest absolute Gasteiger partial charge is 0.340 e. The highest BCUT2D eigenvalue weighted by Crippen LogP contribution is 2.15. The molecule has 0 bridgehead atoms. The Morgan fingerprint density at radius 1 is 1.32 bits per heavy atom. The van der Waals surface area contributed by atoms with Crippen molar-refractivity contribution in [2.24, 2.45) is 0 Å². The number of rotatable bonds is 5. The van der Waals surface area contributed by atoms with Gasteiger partial charge in [-0.3, -0.25) is 9.89 Å². The van der Waals surface area contributed by atoms with Gasteiger partial charge in [0.05, 0.1) is 18.7 Å². The van der Waals surface area contributed by atoms with Gasteiger partial charge in [-0.25, -0.2) is 0 Å². The number of aromatic nitrogens is 2. The number of H-pyrrole nitrogens is 1. The summed E-state index contributed by atoms with van der Waals surface area (Å²) in [5, 5.41) is 6.73. The van der Waals surface area contributed by atoms with Crippen molar-refractivity contribution in [3.8, 4) is 0 Å². The molecule has 0 fully saturated rings. The Hall–Kier alpha value is -1.75. The van der Waals surface area contributed by atoms with Crippen molar-refractivity contribution in [3.05, 3.63) is 47.8 Å². The molecule has 1 heterocycles. The molecule has 19 heavy (non-hydrogen) atoms. The van der Waals surface area contributed by atoms with Gasteiger partial charge in [-0.15, -0.1) is 11.8 Å². The molecule has 0 aliphatic rings. The van der Waals surface area contributed by atoms with Crippen LogP contribution in [0.5, 0.6) is 0 Å². The van der Waals surface area contributed by atoms with E-state index in [1.165, 1.54) is 4.90 Å². The van der Waals surface area contributed by atoms with Crippen LogP contribution in [-0.2, 0) is 17.8 Å². The fourth-order valence-electron chi connectivity index (χ4n) is 1.77. The van der Waals surface area contributed by atoms with Gasteiger partial charge >= 0.3 is 0 Å². The van der Waals surface area contributed by atoms with E-state index in [1.54, 1.807) is 29.9 Å². The number of amides is 1. The van der Waals surface area contributed by atoms with Gasteiger partial charge in [-0.2, -0.15) is 5.10 Å². The van der Waals surface area contributed by atoms with E-state index in [9.17, 15) is 4.79 Å². The second kappa shape index (κ2) is 6.43. The molecule has 5 heteroatoms. The highest BCUT2D eigenvalue weighted by atomic mass is 32.2. The maximum Gasteiger partial charge on any atom is 0.227 e. The molecule has 1 amide bonds. The van der Waals surface area contributed by atoms with Crippen LogP contribution in [0.1, 0.15) is 11.3 Å². The van der Waals surface area contributed by atoms with Crippen LogP contribution < -0.4 is 0 Å². The average molecular weight is 275 g/mol. The molecule has 4 nitrogen and oxygen atoms in total. The number of carbonyl (C=O) groups excluding carboxylic acids is 1. The zero-order chi connectivity index (χ0) is 13.7. The average Bonchev–Trinajstić information content (AvgIpc) is 2.92. The first-order valence-corrected chi connectivity index (χ1v) is 7.26. The molecule has 1 aromatic heterocycles.